The molecule has 0 radical (unpaired) electrons. The summed E-state index contributed by atoms with van der Waals surface area (Å²) in [6.45, 7) is 7.65. The molecule has 0 bridgehead atoms. The van der Waals surface area contributed by atoms with Crippen LogP contribution in [0.1, 0.15) is 27.7 Å². The molecule has 0 fully saturated rings. The van der Waals surface area contributed by atoms with Crippen molar-refractivity contribution in [2.45, 2.75) is 39.9 Å². The van der Waals surface area contributed by atoms with Crippen LogP contribution in [-0.4, -0.2) is 35.7 Å². The molecule has 0 saturated carbocycles. The minimum absolute atomic E-state index is 0.00157. The summed E-state index contributed by atoms with van der Waals surface area (Å²) in [7, 11) is 1.66. The molecule has 0 aliphatic rings. The molecular formula is C11H21F3N2S. The van der Waals surface area contributed by atoms with E-state index in [0.29, 0.717) is 0 Å². The van der Waals surface area contributed by atoms with Crippen molar-refractivity contribution in [3.05, 3.63) is 0 Å². The second-order valence-corrected chi connectivity index (χ2v) is 5.95. The summed E-state index contributed by atoms with van der Waals surface area (Å²) < 4.78 is 38.1. The smallest absolute Gasteiger partial charge is 0.393 e. The van der Waals surface area contributed by atoms with E-state index in [-0.39, 0.29) is 18.0 Å². The van der Waals surface area contributed by atoms with E-state index < -0.39 is 17.1 Å². The van der Waals surface area contributed by atoms with Crippen LogP contribution in [-0.2, 0) is 0 Å². The predicted molar refractivity (Wildman–Crippen MR) is 67.9 cm³/mol. The van der Waals surface area contributed by atoms with Crippen molar-refractivity contribution in [1.29, 1.82) is 0 Å². The maximum atomic E-state index is 12.7. The van der Waals surface area contributed by atoms with Gasteiger partial charge in [0.15, 0.2) is 0 Å². The SMILES string of the molecule is CC(N(C)CC(C(N)=S)C(F)(F)F)C(C)(C)C. The molecule has 2 N–H and O–H groups in total. The summed E-state index contributed by atoms with van der Waals surface area (Å²) in [6.07, 6.45) is -4.38. The predicted octanol–water partition coefficient (Wildman–Crippen LogP) is 2.82. The third-order valence-corrected chi connectivity index (χ3v) is 3.41. The molecule has 6 heteroatoms. The molecule has 2 unspecified atom stereocenters. The molecule has 0 spiro atoms. The Morgan fingerprint density at radius 3 is 1.94 bits per heavy atom. The number of hydrogen-bond acceptors (Lipinski definition) is 2. The summed E-state index contributed by atoms with van der Waals surface area (Å²) in [5.41, 5.74) is 5.07. The quantitative estimate of drug-likeness (QED) is 0.797. The lowest BCUT2D eigenvalue weighted by Crippen LogP contribution is -2.47. The molecular weight excluding hydrogens is 249 g/mol. The van der Waals surface area contributed by atoms with Gasteiger partial charge in [0.1, 0.15) is 5.92 Å². The fourth-order valence-electron chi connectivity index (χ4n) is 1.46. The average molecular weight is 270 g/mol. The van der Waals surface area contributed by atoms with E-state index in [1.807, 2.05) is 27.7 Å². The number of hydrogen-bond donors (Lipinski definition) is 1. The van der Waals surface area contributed by atoms with Crippen LogP contribution in [0.5, 0.6) is 0 Å². The van der Waals surface area contributed by atoms with Gasteiger partial charge in [-0.2, -0.15) is 13.2 Å². The van der Waals surface area contributed by atoms with Gasteiger partial charge in [0.25, 0.3) is 0 Å². The largest absolute Gasteiger partial charge is 0.399 e. The minimum Gasteiger partial charge on any atom is -0.393 e. The van der Waals surface area contributed by atoms with Gasteiger partial charge in [-0.25, -0.2) is 0 Å². The molecule has 0 aromatic rings. The van der Waals surface area contributed by atoms with Gasteiger partial charge in [-0.1, -0.05) is 33.0 Å². The molecule has 17 heavy (non-hydrogen) atoms. The van der Waals surface area contributed by atoms with Crippen LogP contribution in [0, 0.1) is 11.3 Å². The normalized spacial score (nSPS) is 17.0. The van der Waals surface area contributed by atoms with Gasteiger partial charge in [0.2, 0.25) is 0 Å². The van der Waals surface area contributed by atoms with Crippen molar-refractivity contribution in [1.82, 2.24) is 4.90 Å². The zero-order valence-electron chi connectivity index (χ0n) is 10.9. The van der Waals surface area contributed by atoms with E-state index in [0.717, 1.165) is 0 Å². The Kier molecular flexibility index (Phi) is 5.40. The van der Waals surface area contributed by atoms with E-state index in [1.54, 1.807) is 11.9 Å². The highest BCUT2D eigenvalue weighted by Gasteiger charge is 2.43. The number of thiocarbonyl (C=S) groups is 1. The number of nitrogens with two attached hydrogens (primary N) is 1. The van der Waals surface area contributed by atoms with E-state index in [2.05, 4.69) is 12.2 Å². The van der Waals surface area contributed by atoms with Crippen LogP contribution in [0.4, 0.5) is 13.2 Å². The fourth-order valence-corrected chi connectivity index (χ4v) is 1.67. The Morgan fingerprint density at radius 2 is 1.71 bits per heavy atom. The fraction of sp³-hybridized carbons (Fsp3) is 0.909. The van der Waals surface area contributed by atoms with Crippen molar-refractivity contribution in [2.75, 3.05) is 13.6 Å². The van der Waals surface area contributed by atoms with Gasteiger partial charge in [-0.3, -0.25) is 0 Å². The Bertz CT molecular complexity index is 271. The van der Waals surface area contributed by atoms with Gasteiger partial charge < -0.3 is 10.6 Å². The Morgan fingerprint density at radius 1 is 1.29 bits per heavy atom. The highest BCUT2D eigenvalue weighted by Crippen LogP contribution is 2.30. The maximum absolute atomic E-state index is 12.7. The first-order chi connectivity index (χ1) is 7.37. The molecule has 0 aliphatic heterocycles. The highest BCUT2D eigenvalue weighted by molar-refractivity contribution is 7.80. The van der Waals surface area contributed by atoms with Crippen molar-refractivity contribution in [3.63, 3.8) is 0 Å². The second-order valence-electron chi connectivity index (χ2n) is 5.48. The Labute approximate surface area is 106 Å². The van der Waals surface area contributed by atoms with Crippen LogP contribution in [0.3, 0.4) is 0 Å². The summed E-state index contributed by atoms with van der Waals surface area (Å²) in [6, 6.07) is 0.00157. The molecule has 0 rings (SSSR count). The van der Waals surface area contributed by atoms with Gasteiger partial charge in [-0.05, 0) is 19.4 Å². The zero-order valence-corrected chi connectivity index (χ0v) is 11.7. The summed E-state index contributed by atoms with van der Waals surface area (Å²) in [4.78, 5) is 1.16. The van der Waals surface area contributed by atoms with Gasteiger partial charge >= 0.3 is 6.18 Å². The standard InChI is InChI=1S/C11H21F3N2S/c1-7(10(2,3)4)16(5)6-8(9(15)17)11(12,13)14/h7-8H,6H2,1-5H3,(H2,15,17). The molecule has 2 atom stereocenters. The molecule has 0 aliphatic carbocycles. The van der Waals surface area contributed by atoms with Gasteiger partial charge in [0.05, 0.1) is 4.99 Å². The Balaban J connectivity index is 4.75. The van der Waals surface area contributed by atoms with Gasteiger partial charge in [-0.15, -0.1) is 0 Å². The summed E-state index contributed by atoms with van der Waals surface area (Å²) >= 11 is 4.49. The summed E-state index contributed by atoms with van der Waals surface area (Å²) in [5, 5.41) is 0. The van der Waals surface area contributed by atoms with Crippen LogP contribution in [0.2, 0.25) is 0 Å². The molecule has 2 nitrogen and oxygen atoms in total. The first kappa shape index (κ1) is 16.6. The first-order valence-electron chi connectivity index (χ1n) is 5.43. The van der Waals surface area contributed by atoms with Gasteiger partial charge in [0, 0.05) is 12.6 Å². The highest BCUT2D eigenvalue weighted by atomic mass is 32.1. The average Bonchev–Trinajstić information content (AvgIpc) is 2.08. The zero-order chi connectivity index (χ0) is 14.0. The topological polar surface area (TPSA) is 29.3 Å². The molecule has 0 heterocycles. The molecule has 0 saturated heterocycles. The monoisotopic (exact) mass is 270 g/mol. The lowest BCUT2D eigenvalue weighted by molar-refractivity contribution is -0.160. The van der Waals surface area contributed by atoms with E-state index in [4.69, 9.17) is 5.73 Å². The third kappa shape index (κ3) is 5.21. The van der Waals surface area contributed by atoms with Crippen LogP contribution < -0.4 is 5.73 Å². The first-order valence-corrected chi connectivity index (χ1v) is 5.84. The van der Waals surface area contributed by atoms with E-state index >= 15 is 0 Å². The molecule has 0 aromatic carbocycles. The van der Waals surface area contributed by atoms with Crippen molar-refractivity contribution >= 4 is 17.2 Å². The molecule has 0 amide bonds. The second kappa shape index (κ2) is 5.52. The number of rotatable bonds is 4. The molecule has 102 valence electrons. The lowest BCUT2D eigenvalue weighted by atomic mass is 9.86. The van der Waals surface area contributed by atoms with E-state index in [1.165, 1.54) is 0 Å². The Hall–Kier alpha value is -0.360. The third-order valence-electron chi connectivity index (χ3n) is 3.12. The minimum atomic E-state index is -4.38. The van der Waals surface area contributed by atoms with Crippen molar-refractivity contribution < 1.29 is 13.2 Å². The lowest BCUT2D eigenvalue weighted by Gasteiger charge is -2.37. The van der Waals surface area contributed by atoms with Crippen molar-refractivity contribution in [3.8, 4) is 0 Å². The maximum Gasteiger partial charge on any atom is 0.399 e. The number of nitrogens with zero attached hydrogens (tertiary/aromatic N) is 1. The van der Waals surface area contributed by atoms with E-state index in [9.17, 15) is 13.2 Å². The number of alkyl halides is 3. The van der Waals surface area contributed by atoms with Crippen molar-refractivity contribution in [2.24, 2.45) is 17.1 Å². The number of halogens is 3. The van der Waals surface area contributed by atoms with Crippen LogP contribution in [0.15, 0.2) is 0 Å². The van der Waals surface area contributed by atoms with Crippen LogP contribution >= 0.6 is 12.2 Å². The summed E-state index contributed by atoms with van der Waals surface area (Å²) in [5.74, 6) is -1.74. The van der Waals surface area contributed by atoms with Crippen LogP contribution in [0.25, 0.3) is 0 Å². The molecule has 0 aromatic heterocycles.